The average Bonchev–Trinajstić information content (AvgIpc) is 2.51. The number of aromatic nitrogens is 2. The third-order valence-electron chi connectivity index (χ3n) is 3.02. The molecular formula is C16H17ClFN3O4S. The van der Waals surface area contributed by atoms with Crippen molar-refractivity contribution in [2.24, 2.45) is 5.92 Å². The summed E-state index contributed by atoms with van der Waals surface area (Å²) in [6, 6.07) is 2.34. The molecule has 0 aromatic carbocycles. The van der Waals surface area contributed by atoms with Gasteiger partial charge in [0.05, 0.1) is 18.4 Å². The maximum atomic E-state index is 14.3. The van der Waals surface area contributed by atoms with Gasteiger partial charge in [0.25, 0.3) is 5.91 Å². The molecule has 0 fully saturated rings. The van der Waals surface area contributed by atoms with Crippen molar-refractivity contribution in [3.63, 3.8) is 0 Å². The van der Waals surface area contributed by atoms with E-state index < -0.39 is 21.7 Å². The third-order valence-corrected chi connectivity index (χ3v) is 3.84. The maximum Gasteiger partial charge on any atom is 0.266 e. The van der Waals surface area contributed by atoms with Crippen LogP contribution >= 0.6 is 11.6 Å². The number of carbonyl (C=O) groups is 1. The van der Waals surface area contributed by atoms with Crippen LogP contribution in [0.1, 0.15) is 24.2 Å². The van der Waals surface area contributed by atoms with Crippen LogP contribution in [0, 0.1) is 11.7 Å². The van der Waals surface area contributed by atoms with Crippen LogP contribution in [0.25, 0.3) is 11.3 Å². The van der Waals surface area contributed by atoms with Crippen LogP contribution in [0.5, 0.6) is 5.88 Å². The lowest BCUT2D eigenvalue weighted by molar-refractivity contribution is 0.0981. The third kappa shape index (κ3) is 5.37. The quantitative estimate of drug-likeness (QED) is 0.799. The van der Waals surface area contributed by atoms with Crippen molar-refractivity contribution >= 4 is 27.5 Å². The van der Waals surface area contributed by atoms with Crippen LogP contribution in [0.3, 0.4) is 0 Å². The summed E-state index contributed by atoms with van der Waals surface area (Å²) in [5, 5.41) is 0.197. The SMILES string of the molecule is CC(C)COc1ncc(-c2ncc(C(=O)NS(C)(=O)=O)cc2F)cc1Cl. The number of sulfonamides is 1. The Labute approximate surface area is 155 Å². The molecule has 0 bridgehead atoms. The van der Waals surface area contributed by atoms with E-state index in [-0.39, 0.29) is 28.1 Å². The van der Waals surface area contributed by atoms with Crippen molar-refractivity contribution < 1.29 is 22.3 Å². The first-order valence-electron chi connectivity index (χ1n) is 7.53. The molecule has 1 N–H and O–H groups in total. The van der Waals surface area contributed by atoms with E-state index >= 15 is 0 Å². The molecule has 0 aliphatic rings. The van der Waals surface area contributed by atoms with Crippen LogP contribution in [-0.2, 0) is 10.0 Å². The van der Waals surface area contributed by atoms with Gasteiger partial charge >= 0.3 is 0 Å². The Morgan fingerprint density at radius 2 is 2.00 bits per heavy atom. The normalized spacial score (nSPS) is 11.5. The van der Waals surface area contributed by atoms with Gasteiger partial charge in [0.2, 0.25) is 15.9 Å². The molecule has 10 heteroatoms. The minimum absolute atomic E-state index is 0.0780. The molecule has 1 amide bonds. The Morgan fingerprint density at radius 3 is 2.54 bits per heavy atom. The highest BCUT2D eigenvalue weighted by Gasteiger charge is 2.16. The van der Waals surface area contributed by atoms with E-state index in [4.69, 9.17) is 16.3 Å². The van der Waals surface area contributed by atoms with E-state index in [1.165, 1.54) is 12.3 Å². The predicted octanol–water partition coefficient (Wildman–Crippen LogP) is 2.66. The maximum absolute atomic E-state index is 14.3. The summed E-state index contributed by atoms with van der Waals surface area (Å²) in [6.45, 7) is 4.38. The lowest BCUT2D eigenvalue weighted by Crippen LogP contribution is -2.29. The molecule has 0 spiro atoms. The van der Waals surface area contributed by atoms with Crippen molar-refractivity contribution in [1.29, 1.82) is 0 Å². The summed E-state index contributed by atoms with van der Waals surface area (Å²) in [4.78, 5) is 19.7. The number of rotatable bonds is 6. The first-order valence-corrected chi connectivity index (χ1v) is 9.80. The van der Waals surface area contributed by atoms with Gasteiger partial charge in [-0.15, -0.1) is 0 Å². The van der Waals surface area contributed by atoms with Gasteiger partial charge < -0.3 is 4.74 Å². The zero-order valence-electron chi connectivity index (χ0n) is 14.3. The largest absolute Gasteiger partial charge is 0.476 e. The number of pyridine rings is 2. The van der Waals surface area contributed by atoms with Gasteiger partial charge in [-0.2, -0.15) is 0 Å². The zero-order valence-corrected chi connectivity index (χ0v) is 15.9. The van der Waals surface area contributed by atoms with Crippen LogP contribution in [0.2, 0.25) is 5.02 Å². The fourth-order valence-electron chi connectivity index (χ4n) is 1.91. The minimum Gasteiger partial charge on any atom is -0.476 e. The van der Waals surface area contributed by atoms with E-state index in [9.17, 15) is 17.6 Å². The monoisotopic (exact) mass is 401 g/mol. The molecule has 0 atom stereocenters. The first-order chi connectivity index (χ1) is 12.1. The summed E-state index contributed by atoms with van der Waals surface area (Å²) >= 11 is 6.10. The molecule has 140 valence electrons. The summed E-state index contributed by atoms with van der Waals surface area (Å²) in [7, 11) is -3.76. The second kappa shape index (κ2) is 7.96. The number of halogens is 2. The lowest BCUT2D eigenvalue weighted by Gasteiger charge is -2.10. The Kier molecular flexibility index (Phi) is 6.14. The molecular weight excluding hydrogens is 385 g/mol. The Balaban J connectivity index is 2.27. The standard InChI is InChI=1S/C16H17ClFN3O4S/c1-9(2)8-25-16-12(17)4-10(6-20-16)14-13(18)5-11(7-19-14)15(22)21-26(3,23)24/h4-7,9H,8H2,1-3H3,(H,21,22). The molecule has 26 heavy (non-hydrogen) atoms. The highest BCUT2D eigenvalue weighted by atomic mass is 35.5. The van der Waals surface area contributed by atoms with E-state index in [1.54, 1.807) is 4.72 Å². The van der Waals surface area contributed by atoms with Crippen molar-refractivity contribution in [3.8, 4) is 17.1 Å². The van der Waals surface area contributed by atoms with Gasteiger partial charge in [-0.05, 0) is 18.1 Å². The van der Waals surface area contributed by atoms with Crippen molar-refractivity contribution in [3.05, 3.63) is 40.9 Å². The fourth-order valence-corrected chi connectivity index (χ4v) is 2.58. The molecule has 0 saturated carbocycles. The second-order valence-corrected chi connectivity index (χ2v) is 8.13. The molecule has 2 heterocycles. The topological polar surface area (TPSA) is 98.2 Å². The molecule has 0 aliphatic carbocycles. The van der Waals surface area contributed by atoms with Gasteiger partial charge in [0.1, 0.15) is 16.5 Å². The summed E-state index contributed by atoms with van der Waals surface area (Å²) in [5.41, 5.74) is -0.0159. The molecule has 0 aliphatic heterocycles. The number of carbonyl (C=O) groups excluding carboxylic acids is 1. The molecule has 2 aromatic heterocycles. The van der Waals surface area contributed by atoms with Gasteiger partial charge in [-0.1, -0.05) is 25.4 Å². The van der Waals surface area contributed by atoms with Crippen molar-refractivity contribution in [1.82, 2.24) is 14.7 Å². The summed E-state index contributed by atoms with van der Waals surface area (Å²) < 4.78 is 43.7. The average molecular weight is 402 g/mol. The van der Waals surface area contributed by atoms with Crippen LogP contribution in [0.15, 0.2) is 24.5 Å². The highest BCUT2D eigenvalue weighted by molar-refractivity contribution is 7.89. The number of hydrogen-bond donors (Lipinski definition) is 1. The van der Waals surface area contributed by atoms with Crippen LogP contribution < -0.4 is 9.46 Å². The smallest absolute Gasteiger partial charge is 0.266 e. The highest BCUT2D eigenvalue weighted by Crippen LogP contribution is 2.28. The van der Waals surface area contributed by atoms with Gasteiger partial charge in [0, 0.05) is 18.0 Å². The molecule has 0 unspecified atom stereocenters. The second-order valence-electron chi connectivity index (χ2n) is 5.97. The molecule has 7 nitrogen and oxygen atoms in total. The number of nitrogens with one attached hydrogen (secondary N) is 1. The summed E-state index contributed by atoms with van der Waals surface area (Å²) in [6.07, 6.45) is 3.23. The van der Waals surface area contributed by atoms with Crippen molar-refractivity contribution in [2.75, 3.05) is 12.9 Å². The van der Waals surface area contributed by atoms with E-state index in [2.05, 4.69) is 9.97 Å². The van der Waals surface area contributed by atoms with Crippen molar-refractivity contribution in [2.45, 2.75) is 13.8 Å². The zero-order chi connectivity index (χ0) is 19.5. The van der Waals surface area contributed by atoms with Crippen LogP contribution in [-0.4, -0.2) is 37.2 Å². The Bertz CT molecular complexity index is 935. The number of ether oxygens (including phenoxy) is 1. The number of hydrogen-bond acceptors (Lipinski definition) is 6. The summed E-state index contributed by atoms with van der Waals surface area (Å²) in [5.74, 6) is -1.27. The first kappa shape index (κ1) is 20.1. The molecule has 0 radical (unpaired) electrons. The Hall–Kier alpha value is -2.26. The van der Waals surface area contributed by atoms with Gasteiger partial charge in [0.15, 0.2) is 0 Å². The number of amides is 1. The number of nitrogens with zero attached hydrogens (tertiary/aromatic N) is 2. The van der Waals surface area contributed by atoms with E-state index in [0.29, 0.717) is 12.2 Å². The lowest BCUT2D eigenvalue weighted by atomic mass is 10.1. The molecule has 0 saturated heterocycles. The van der Waals surface area contributed by atoms with E-state index in [1.807, 2.05) is 13.8 Å². The molecule has 2 rings (SSSR count). The fraction of sp³-hybridized carbons (Fsp3) is 0.312. The minimum atomic E-state index is -3.76. The van der Waals surface area contributed by atoms with Gasteiger partial charge in [-0.25, -0.2) is 22.5 Å². The van der Waals surface area contributed by atoms with Crippen LogP contribution in [0.4, 0.5) is 4.39 Å². The molecule has 2 aromatic rings. The van der Waals surface area contributed by atoms with Gasteiger partial charge in [-0.3, -0.25) is 9.78 Å². The predicted molar refractivity (Wildman–Crippen MR) is 95.1 cm³/mol. The van der Waals surface area contributed by atoms with E-state index in [0.717, 1.165) is 18.5 Å². The Morgan fingerprint density at radius 1 is 1.31 bits per heavy atom.